The zero-order valence-corrected chi connectivity index (χ0v) is 12.2. The van der Waals surface area contributed by atoms with E-state index in [-0.39, 0.29) is 11.3 Å². The normalized spacial score (nSPS) is 27.4. The minimum Gasteiger partial charge on any atom is -0.384 e. The number of rotatable bonds is 5. The molecule has 1 unspecified atom stereocenters. The molecule has 5 nitrogen and oxygen atoms in total. The molecule has 2 aliphatic heterocycles. The molecule has 0 aromatic carbocycles. The molecule has 0 aromatic heterocycles. The van der Waals surface area contributed by atoms with E-state index in [2.05, 4.69) is 22.6 Å². The third-order valence-electron chi connectivity index (χ3n) is 4.50. The van der Waals surface area contributed by atoms with Crippen LogP contribution in [-0.2, 0) is 9.53 Å². The highest BCUT2D eigenvalue weighted by Gasteiger charge is 2.39. The lowest BCUT2D eigenvalue weighted by Gasteiger charge is -2.35. The molecule has 0 bridgehead atoms. The molecule has 2 fully saturated rings. The molecule has 2 heterocycles. The number of hydrogen-bond acceptors (Lipinski definition) is 4. The molecule has 5 heteroatoms. The Labute approximate surface area is 116 Å². The van der Waals surface area contributed by atoms with E-state index in [0.717, 1.165) is 45.6 Å². The van der Waals surface area contributed by atoms with Crippen LogP contribution >= 0.6 is 0 Å². The fourth-order valence-corrected chi connectivity index (χ4v) is 3.24. The number of nitrogens with zero attached hydrogens (tertiary/aromatic N) is 1. The van der Waals surface area contributed by atoms with Crippen LogP contribution in [0.5, 0.6) is 0 Å². The van der Waals surface area contributed by atoms with Gasteiger partial charge in [-0.3, -0.25) is 4.79 Å². The zero-order valence-electron chi connectivity index (χ0n) is 12.2. The van der Waals surface area contributed by atoms with Gasteiger partial charge >= 0.3 is 0 Å². The molecule has 1 amide bonds. The van der Waals surface area contributed by atoms with Gasteiger partial charge in [0.2, 0.25) is 5.91 Å². The Balaban J connectivity index is 1.85. The second-order valence-electron chi connectivity index (χ2n) is 6.09. The first-order valence-electron chi connectivity index (χ1n) is 7.33. The Kier molecular flexibility index (Phi) is 5.19. The summed E-state index contributed by atoms with van der Waals surface area (Å²) in [6.45, 7) is 5.39. The van der Waals surface area contributed by atoms with Gasteiger partial charge in [0.15, 0.2) is 0 Å². The lowest BCUT2D eigenvalue weighted by molar-refractivity contribution is -0.136. The highest BCUT2D eigenvalue weighted by Crippen LogP contribution is 2.29. The van der Waals surface area contributed by atoms with E-state index in [0.29, 0.717) is 12.5 Å². The molecule has 19 heavy (non-hydrogen) atoms. The van der Waals surface area contributed by atoms with Gasteiger partial charge in [0.05, 0.1) is 12.0 Å². The Morgan fingerprint density at radius 1 is 1.47 bits per heavy atom. The van der Waals surface area contributed by atoms with Gasteiger partial charge in [0.1, 0.15) is 0 Å². The number of methoxy groups -OCH3 is 1. The van der Waals surface area contributed by atoms with Crippen LogP contribution < -0.4 is 10.6 Å². The molecule has 2 saturated heterocycles. The average molecular weight is 269 g/mol. The second kappa shape index (κ2) is 6.68. The number of carbonyl (C=O) groups is 1. The minimum absolute atomic E-state index is 0.186. The van der Waals surface area contributed by atoms with E-state index < -0.39 is 0 Å². The minimum atomic E-state index is -0.315. The summed E-state index contributed by atoms with van der Waals surface area (Å²) in [6, 6.07) is 0. The fourth-order valence-electron chi connectivity index (χ4n) is 3.24. The van der Waals surface area contributed by atoms with Crippen LogP contribution in [-0.4, -0.2) is 64.3 Å². The Bertz CT molecular complexity index is 298. The van der Waals surface area contributed by atoms with Crippen LogP contribution in [0.15, 0.2) is 0 Å². The van der Waals surface area contributed by atoms with E-state index in [9.17, 15) is 4.79 Å². The van der Waals surface area contributed by atoms with Gasteiger partial charge in [-0.25, -0.2) is 0 Å². The molecular formula is C14H27N3O2. The van der Waals surface area contributed by atoms with Gasteiger partial charge in [0.25, 0.3) is 0 Å². The maximum atomic E-state index is 12.5. The van der Waals surface area contributed by atoms with Crippen LogP contribution in [0.4, 0.5) is 0 Å². The largest absolute Gasteiger partial charge is 0.384 e. The number of amides is 1. The van der Waals surface area contributed by atoms with Crippen molar-refractivity contribution in [2.75, 3.05) is 53.5 Å². The van der Waals surface area contributed by atoms with Crippen LogP contribution in [0.3, 0.4) is 0 Å². The average Bonchev–Trinajstić information content (AvgIpc) is 2.83. The number of hydrogen-bond donors (Lipinski definition) is 2. The fraction of sp³-hybridized carbons (Fsp3) is 0.929. The lowest BCUT2D eigenvalue weighted by atomic mass is 9.78. The Morgan fingerprint density at radius 2 is 2.21 bits per heavy atom. The molecular weight excluding hydrogens is 242 g/mol. The summed E-state index contributed by atoms with van der Waals surface area (Å²) in [5.74, 6) is 0.792. The molecule has 110 valence electrons. The SMILES string of the molecule is COCC1(C(=O)NCC2CCN(C)C2)CCNCC1. The molecule has 2 N–H and O–H groups in total. The molecule has 1 atom stereocenters. The number of likely N-dealkylation sites (tertiary alicyclic amines) is 1. The smallest absolute Gasteiger partial charge is 0.228 e. The van der Waals surface area contributed by atoms with Crippen molar-refractivity contribution in [3.8, 4) is 0 Å². The van der Waals surface area contributed by atoms with Crippen LogP contribution in [0.2, 0.25) is 0 Å². The van der Waals surface area contributed by atoms with E-state index >= 15 is 0 Å². The first-order chi connectivity index (χ1) is 9.16. The number of carbonyl (C=O) groups excluding carboxylic acids is 1. The summed E-state index contributed by atoms with van der Waals surface area (Å²) in [5, 5.41) is 6.48. The summed E-state index contributed by atoms with van der Waals surface area (Å²) >= 11 is 0. The van der Waals surface area contributed by atoms with Gasteiger partial charge in [-0.2, -0.15) is 0 Å². The van der Waals surface area contributed by atoms with Gasteiger partial charge in [-0.05, 0) is 51.9 Å². The second-order valence-corrected chi connectivity index (χ2v) is 6.09. The van der Waals surface area contributed by atoms with Gasteiger partial charge in [0, 0.05) is 20.2 Å². The maximum Gasteiger partial charge on any atom is 0.228 e. The molecule has 0 radical (unpaired) electrons. The van der Waals surface area contributed by atoms with Gasteiger partial charge in [-0.1, -0.05) is 0 Å². The molecule has 2 rings (SSSR count). The van der Waals surface area contributed by atoms with Crippen LogP contribution in [0.25, 0.3) is 0 Å². The molecule has 2 aliphatic rings. The molecule has 0 spiro atoms. The predicted octanol–water partition coefficient (Wildman–Crippen LogP) is 0.0705. The highest BCUT2D eigenvalue weighted by atomic mass is 16.5. The van der Waals surface area contributed by atoms with Crippen molar-refractivity contribution >= 4 is 5.91 Å². The van der Waals surface area contributed by atoms with E-state index in [1.165, 1.54) is 6.42 Å². The van der Waals surface area contributed by atoms with Gasteiger partial charge < -0.3 is 20.3 Å². The lowest BCUT2D eigenvalue weighted by Crippen LogP contribution is -2.51. The van der Waals surface area contributed by atoms with E-state index in [1.807, 2.05) is 0 Å². The van der Waals surface area contributed by atoms with E-state index in [1.54, 1.807) is 7.11 Å². The highest BCUT2D eigenvalue weighted by molar-refractivity contribution is 5.83. The summed E-state index contributed by atoms with van der Waals surface area (Å²) < 4.78 is 5.30. The predicted molar refractivity (Wildman–Crippen MR) is 75.0 cm³/mol. The van der Waals surface area contributed by atoms with E-state index in [4.69, 9.17) is 4.74 Å². The van der Waals surface area contributed by atoms with Crippen LogP contribution in [0.1, 0.15) is 19.3 Å². The number of ether oxygens (including phenoxy) is 1. The number of nitrogens with one attached hydrogen (secondary N) is 2. The first kappa shape index (κ1) is 14.8. The summed E-state index contributed by atoms with van der Waals surface area (Å²) in [4.78, 5) is 14.8. The van der Waals surface area contributed by atoms with Crippen molar-refractivity contribution in [3.05, 3.63) is 0 Å². The maximum absolute atomic E-state index is 12.5. The Morgan fingerprint density at radius 3 is 2.79 bits per heavy atom. The van der Waals surface area contributed by atoms with Crippen LogP contribution in [0, 0.1) is 11.3 Å². The topological polar surface area (TPSA) is 53.6 Å². The van der Waals surface area contributed by atoms with Crippen molar-refractivity contribution < 1.29 is 9.53 Å². The first-order valence-corrected chi connectivity index (χ1v) is 7.33. The third-order valence-corrected chi connectivity index (χ3v) is 4.50. The van der Waals surface area contributed by atoms with Crippen molar-refractivity contribution in [1.29, 1.82) is 0 Å². The van der Waals surface area contributed by atoms with Gasteiger partial charge in [-0.15, -0.1) is 0 Å². The molecule has 0 saturated carbocycles. The number of piperidine rings is 1. The summed E-state index contributed by atoms with van der Waals surface area (Å²) in [5.41, 5.74) is -0.315. The van der Waals surface area contributed by atoms with Crippen molar-refractivity contribution in [2.24, 2.45) is 11.3 Å². The van der Waals surface area contributed by atoms with Crippen molar-refractivity contribution in [1.82, 2.24) is 15.5 Å². The monoisotopic (exact) mass is 269 g/mol. The standard InChI is InChI=1S/C14H27N3O2/c1-17-8-3-12(10-17)9-16-13(18)14(11-19-2)4-6-15-7-5-14/h12,15H,3-11H2,1-2H3,(H,16,18). The molecule has 0 aromatic rings. The van der Waals surface area contributed by atoms with Crippen molar-refractivity contribution in [2.45, 2.75) is 19.3 Å². The summed E-state index contributed by atoms with van der Waals surface area (Å²) in [7, 11) is 3.82. The third kappa shape index (κ3) is 3.68. The molecule has 0 aliphatic carbocycles. The zero-order chi connectivity index (χ0) is 13.7. The summed E-state index contributed by atoms with van der Waals surface area (Å²) in [6.07, 6.45) is 2.93. The Hall–Kier alpha value is -0.650. The van der Waals surface area contributed by atoms with Crippen molar-refractivity contribution in [3.63, 3.8) is 0 Å². The quantitative estimate of drug-likeness (QED) is 0.742.